The van der Waals surface area contributed by atoms with E-state index in [9.17, 15) is 9.59 Å². The van der Waals surface area contributed by atoms with Crippen molar-refractivity contribution in [1.29, 1.82) is 0 Å². The van der Waals surface area contributed by atoms with Crippen LogP contribution in [0.3, 0.4) is 0 Å². The van der Waals surface area contributed by atoms with E-state index < -0.39 is 5.97 Å². The van der Waals surface area contributed by atoms with Gasteiger partial charge in [-0.05, 0) is 37.3 Å². The summed E-state index contributed by atoms with van der Waals surface area (Å²) in [4.78, 5) is 23.8. The molecule has 1 N–H and O–H groups in total. The normalized spacial score (nSPS) is 24.6. The third-order valence-corrected chi connectivity index (χ3v) is 4.67. The minimum Gasteiger partial charge on any atom is -0.452 e. The van der Waals surface area contributed by atoms with Gasteiger partial charge in [0.25, 0.3) is 5.91 Å². The van der Waals surface area contributed by atoms with Gasteiger partial charge >= 0.3 is 5.97 Å². The quantitative estimate of drug-likeness (QED) is 0.870. The molecule has 1 fully saturated rings. The minimum absolute atomic E-state index is 0.189. The molecular formula is C18H25NO3. The van der Waals surface area contributed by atoms with Crippen LogP contribution in [0.1, 0.15) is 49.0 Å². The van der Waals surface area contributed by atoms with Crippen molar-refractivity contribution in [2.24, 2.45) is 11.8 Å². The van der Waals surface area contributed by atoms with Crippen molar-refractivity contribution in [3.63, 3.8) is 0 Å². The fourth-order valence-corrected chi connectivity index (χ4v) is 2.94. The molecule has 0 saturated heterocycles. The van der Waals surface area contributed by atoms with Gasteiger partial charge in [0.2, 0.25) is 0 Å². The van der Waals surface area contributed by atoms with Gasteiger partial charge < -0.3 is 10.1 Å². The zero-order chi connectivity index (χ0) is 16.1. The number of esters is 1. The summed E-state index contributed by atoms with van der Waals surface area (Å²) in [5, 5.41) is 3.00. The first-order valence-electron chi connectivity index (χ1n) is 8.00. The molecule has 4 heteroatoms. The average molecular weight is 303 g/mol. The van der Waals surface area contributed by atoms with Crippen LogP contribution in [0.5, 0.6) is 0 Å². The summed E-state index contributed by atoms with van der Waals surface area (Å²) in [5.41, 5.74) is 1.55. The Morgan fingerprint density at radius 3 is 2.55 bits per heavy atom. The van der Waals surface area contributed by atoms with Crippen LogP contribution in [0.2, 0.25) is 0 Å². The second-order valence-corrected chi connectivity index (χ2v) is 6.38. The Labute approximate surface area is 132 Å². The lowest BCUT2D eigenvalue weighted by atomic mass is 9.78. The molecule has 1 aromatic rings. The topological polar surface area (TPSA) is 55.4 Å². The lowest BCUT2D eigenvalue weighted by Crippen LogP contribution is -2.45. The summed E-state index contributed by atoms with van der Waals surface area (Å²) < 4.78 is 5.08. The average Bonchev–Trinajstić information content (AvgIpc) is 2.50. The lowest BCUT2D eigenvalue weighted by Gasteiger charge is -2.34. The minimum atomic E-state index is -0.458. The van der Waals surface area contributed by atoms with Crippen LogP contribution in [0.25, 0.3) is 0 Å². The summed E-state index contributed by atoms with van der Waals surface area (Å²) in [7, 11) is 0. The summed E-state index contributed by atoms with van der Waals surface area (Å²) in [6, 6.07) is 7.30. The molecule has 0 aromatic heterocycles. The van der Waals surface area contributed by atoms with Crippen LogP contribution < -0.4 is 5.32 Å². The zero-order valence-electron chi connectivity index (χ0n) is 13.6. The van der Waals surface area contributed by atoms with Gasteiger partial charge in [0.15, 0.2) is 6.61 Å². The van der Waals surface area contributed by atoms with Crippen molar-refractivity contribution in [3.05, 3.63) is 35.4 Å². The monoisotopic (exact) mass is 303 g/mol. The summed E-state index contributed by atoms with van der Waals surface area (Å²) in [6.07, 6.45) is 3.36. The molecule has 1 amide bonds. The van der Waals surface area contributed by atoms with Gasteiger partial charge in [-0.25, -0.2) is 4.79 Å². The first-order valence-corrected chi connectivity index (χ1v) is 8.00. The van der Waals surface area contributed by atoms with Crippen molar-refractivity contribution in [2.75, 3.05) is 6.61 Å². The first kappa shape index (κ1) is 16.5. The van der Waals surface area contributed by atoms with E-state index >= 15 is 0 Å². The number of ether oxygens (including phenoxy) is 1. The van der Waals surface area contributed by atoms with Crippen LogP contribution in [0, 0.1) is 18.8 Å². The van der Waals surface area contributed by atoms with E-state index in [0.717, 1.165) is 18.4 Å². The summed E-state index contributed by atoms with van der Waals surface area (Å²) in [5.74, 6) is 0.409. The Hall–Kier alpha value is -1.84. The highest BCUT2D eigenvalue weighted by Gasteiger charge is 2.28. The Morgan fingerprint density at radius 2 is 1.86 bits per heavy atom. The molecule has 0 aliphatic heterocycles. The molecule has 3 atom stereocenters. The first-order chi connectivity index (χ1) is 10.5. The molecule has 0 radical (unpaired) electrons. The number of amides is 1. The molecule has 4 nitrogen and oxygen atoms in total. The second-order valence-electron chi connectivity index (χ2n) is 6.38. The maximum absolute atomic E-state index is 12.0. The molecule has 0 spiro atoms. The zero-order valence-corrected chi connectivity index (χ0v) is 13.6. The van der Waals surface area contributed by atoms with E-state index in [2.05, 4.69) is 19.2 Å². The van der Waals surface area contributed by atoms with E-state index in [1.165, 1.54) is 6.42 Å². The van der Waals surface area contributed by atoms with Crippen molar-refractivity contribution >= 4 is 11.9 Å². The molecule has 1 aliphatic carbocycles. The van der Waals surface area contributed by atoms with Gasteiger partial charge in [0.05, 0.1) is 5.56 Å². The Morgan fingerprint density at radius 1 is 1.18 bits per heavy atom. The van der Waals surface area contributed by atoms with Crippen LogP contribution in [-0.2, 0) is 9.53 Å². The lowest BCUT2D eigenvalue weighted by molar-refractivity contribution is -0.125. The summed E-state index contributed by atoms with van der Waals surface area (Å²) in [6.45, 7) is 6.13. The molecule has 1 aliphatic rings. The molecule has 1 aromatic carbocycles. The van der Waals surface area contributed by atoms with Crippen LogP contribution in [0.15, 0.2) is 24.3 Å². The second kappa shape index (κ2) is 7.43. The van der Waals surface area contributed by atoms with Gasteiger partial charge in [0, 0.05) is 6.04 Å². The maximum atomic E-state index is 12.0. The molecule has 0 heterocycles. The molecule has 0 unspecified atom stereocenters. The predicted molar refractivity (Wildman–Crippen MR) is 85.6 cm³/mol. The summed E-state index contributed by atoms with van der Waals surface area (Å²) >= 11 is 0. The van der Waals surface area contributed by atoms with E-state index in [1.54, 1.807) is 12.1 Å². The van der Waals surface area contributed by atoms with E-state index in [-0.39, 0.29) is 18.6 Å². The predicted octanol–water partition coefficient (Wildman–Crippen LogP) is 3.09. The smallest absolute Gasteiger partial charge is 0.338 e. The fraction of sp³-hybridized carbons (Fsp3) is 0.556. The largest absolute Gasteiger partial charge is 0.452 e. The molecular weight excluding hydrogens is 278 g/mol. The highest BCUT2D eigenvalue weighted by atomic mass is 16.5. The molecule has 120 valence electrons. The Kier molecular flexibility index (Phi) is 5.58. The fourth-order valence-electron chi connectivity index (χ4n) is 2.94. The molecule has 0 bridgehead atoms. The molecule has 1 saturated carbocycles. The van der Waals surface area contributed by atoms with Gasteiger partial charge in [0.1, 0.15) is 0 Å². The number of benzene rings is 1. The van der Waals surface area contributed by atoms with E-state index in [0.29, 0.717) is 17.4 Å². The number of hydrogen-bond acceptors (Lipinski definition) is 3. The standard InChI is InChI=1S/C18H25NO3/c1-12-7-9-15(10-8-12)18(21)22-11-17(20)19-16-6-4-5-13(2)14(16)3/h7-10,13-14,16H,4-6,11H2,1-3H3,(H,19,20)/t13-,14-,16-/m0/s1. The number of aryl methyl sites for hydroxylation is 1. The van der Waals surface area contributed by atoms with E-state index in [1.807, 2.05) is 19.1 Å². The maximum Gasteiger partial charge on any atom is 0.338 e. The Bertz CT molecular complexity index is 524. The SMILES string of the molecule is Cc1ccc(C(=O)OCC(=O)N[C@H]2CCC[C@H](C)[C@@H]2C)cc1. The van der Waals surface area contributed by atoms with Crippen LogP contribution in [-0.4, -0.2) is 24.5 Å². The van der Waals surface area contributed by atoms with Crippen LogP contribution in [0.4, 0.5) is 0 Å². The van der Waals surface area contributed by atoms with Gasteiger partial charge in [-0.2, -0.15) is 0 Å². The van der Waals surface area contributed by atoms with Crippen molar-refractivity contribution in [1.82, 2.24) is 5.32 Å². The number of hydrogen-bond donors (Lipinski definition) is 1. The van der Waals surface area contributed by atoms with Crippen molar-refractivity contribution in [3.8, 4) is 0 Å². The van der Waals surface area contributed by atoms with Crippen LogP contribution >= 0.6 is 0 Å². The van der Waals surface area contributed by atoms with Gasteiger partial charge in [-0.3, -0.25) is 4.79 Å². The Balaban J connectivity index is 1.80. The van der Waals surface area contributed by atoms with E-state index in [4.69, 9.17) is 4.74 Å². The molecule has 22 heavy (non-hydrogen) atoms. The third kappa shape index (κ3) is 4.33. The highest BCUT2D eigenvalue weighted by molar-refractivity contribution is 5.91. The number of nitrogens with one attached hydrogen (secondary N) is 1. The van der Waals surface area contributed by atoms with Crippen molar-refractivity contribution in [2.45, 2.75) is 46.1 Å². The number of carbonyl (C=O) groups is 2. The highest BCUT2D eigenvalue weighted by Crippen LogP contribution is 2.29. The van der Waals surface area contributed by atoms with Gasteiger partial charge in [-0.15, -0.1) is 0 Å². The number of carbonyl (C=O) groups excluding carboxylic acids is 2. The number of rotatable bonds is 4. The van der Waals surface area contributed by atoms with Gasteiger partial charge in [-0.1, -0.05) is 44.4 Å². The molecule has 2 rings (SSSR count). The third-order valence-electron chi connectivity index (χ3n) is 4.67. The van der Waals surface area contributed by atoms with Crippen molar-refractivity contribution < 1.29 is 14.3 Å².